The van der Waals surface area contributed by atoms with Crippen LogP contribution in [0.1, 0.15) is 37.9 Å². The zero-order valence-corrected chi connectivity index (χ0v) is 22.0. The molecule has 1 atom stereocenters. The smallest absolute Gasteiger partial charge is 0.338 e. The van der Waals surface area contributed by atoms with Crippen molar-refractivity contribution in [3.8, 4) is 23.0 Å². The van der Waals surface area contributed by atoms with E-state index < -0.39 is 12.0 Å². The highest BCUT2D eigenvalue weighted by atomic mass is 32.1. The third kappa shape index (κ3) is 4.97. The fourth-order valence-electron chi connectivity index (χ4n) is 4.17. The van der Waals surface area contributed by atoms with Crippen molar-refractivity contribution in [1.29, 1.82) is 0 Å². The first kappa shape index (κ1) is 26.0. The van der Waals surface area contributed by atoms with Crippen LogP contribution >= 0.6 is 11.3 Å². The number of carbonyl (C=O) groups excluding carboxylic acids is 1. The van der Waals surface area contributed by atoms with E-state index in [9.17, 15) is 14.7 Å². The van der Waals surface area contributed by atoms with Crippen molar-refractivity contribution in [1.82, 2.24) is 4.57 Å². The molecular formula is C27H28N2O7S. The number of rotatable bonds is 8. The lowest BCUT2D eigenvalue weighted by molar-refractivity contribution is -0.139. The lowest BCUT2D eigenvalue weighted by Crippen LogP contribution is -2.40. The summed E-state index contributed by atoms with van der Waals surface area (Å²) in [6.45, 7) is 5.83. The number of aromatic nitrogens is 1. The van der Waals surface area contributed by atoms with Gasteiger partial charge in [0.15, 0.2) is 16.3 Å². The van der Waals surface area contributed by atoms with Gasteiger partial charge < -0.3 is 24.1 Å². The van der Waals surface area contributed by atoms with Crippen molar-refractivity contribution in [3.63, 3.8) is 0 Å². The lowest BCUT2D eigenvalue weighted by atomic mass is 9.95. The van der Waals surface area contributed by atoms with Crippen molar-refractivity contribution in [3.05, 3.63) is 78.5 Å². The van der Waals surface area contributed by atoms with Gasteiger partial charge in [-0.1, -0.05) is 17.4 Å². The fourth-order valence-corrected chi connectivity index (χ4v) is 5.22. The van der Waals surface area contributed by atoms with Gasteiger partial charge in [-0.15, -0.1) is 0 Å². The Morgan fingerprint density at radius 2 is 1.89 bits per heavy atom. The molecular weight excluding hydrogens is 496 g/mol. The molecule has 1 unspecified atom stereocenters. The summed E-state index contributed by atoms with van der Waals surface area (Å²) >= 11 is 1.20. The van der Waals surface area contributed by atoms with Crippen molar-refractivity contribution >= 4 is 23.4 Å². The summed E-state index contributed by atoms with van der Waals surface area (Å²) in [7, 11) is 3.06. The van der Waals surface area contributed by atoms with E-state index >= 15 is 0 Å². The molecule has 1 aliphatic heterocycles. The maximum absolute atomic E-state index is 13.8. The van der Waals surface area contributed by atoms with Gasteiger partial charge in [-0.2, -0.15) is 0 Å². The van der Waals surface area contributed by atoms with Crippen LogP contribution in [-0.2, 0) is 9.53 Å². The third-order valence-corrected chi connectivity index (χ3v) is 6.82. The molecule has 194 valence electrons. The predicted octanol–water partition coefficient (Wildman–Crippen LogP) is 2.92. The minimum absolute atomic E-state index is 0.0155. The minimum atomic E-state index is -0.822. The van der Waals surface area contributed by atoms with E-state index in [1.807, 2.05) is 6.92 Å². The molecule has 37 heavy (non-hydrogen) atoms. The van der Waals surface area contributed by atoms with Crippen LogP contribution in [0.3, 0.4) is 0 Å². The number of phenols is 1. The average molecular weight is 525 g/mol. The van der Waals surface area contributed by atoms with Gasteiger partial charge in [-0.25, -0.2) is 9.79 Å². The number of aromatic hydroxyl groups is 1. The van der Waals surface area contributed by atoms with Gasteiger partial charge in [-0.3, -0.25) is 9.36 Å². The number of nitrogens with zero attached hydrogens (tertiary/aromatic N) is 2. The van der Waals surface area contributed by atoms with Gasteiger partial charge in [0.2, 0.25) is 0 Å². The number of methoxy groups -OCH3 is 2. The van der Waals surface area contributed by atoms with Crippen LogP contribution in [-0.4, -0.2) is 43.1 Å². The van der Waals surface area contributed by atoms with E-state index in [1.54, 1.807) is 57.4 Å². The van der Waals surface area contributed by atoms with Crippen LogP contribution < -0.4 is 29.1 Å². The molecule has 1 aromatic heterocycles. The number of hydrogen-bond donors (Lipinski definition) is 1. The van der Waals surface area contributed by atoms with E-state index in [-0.39, 0.29) is 23.5 Å². The van der Waals surface area contributed by atoms with E-state index in [2.05, 4.69) is 4.99 Å². The molecule has 9 nitrogen and oxygen atoms in total. The summed E-state index contributed by atoms with van der Waals surface area (Å²) in [4.78, 5) is 31.9. The Balaban J connectivity index is 1.96. The van der Waals surface area contributed by atoms with Crippen LogP contribution in [0.2, 0.25) is 0 Å². The second-order valence-corrected chi connectivity index (χ2v) is 9.08. The Kier molecular flexibility index (Phi) is 7.68. The summed E-state index contributed by atoms with van der Waals surface area (Å²) < 4.78 is 23.7. The first-order valence-electron chi connectivity index (χ1n) is 11.7. The van der Waals surface area contributed by atoms with Crippen LogP contribution in [0.5, 0.6) is 23.0 Å². The Hall–Kier alpha value is -4.05. The van der Waals surface area contributed by atoms with Gasteiger partial charge in [-0.05, 0) is 56.7 Å². The molecule has 2 aromatic carbocycles. The van der Waals surface area contributed by atoms with E-state index in [4.69, 9.17) is 18.9 Å². The molecule has 2 heterocycles. The van der Waals surface area contributed by atoms with E-state index in [0.717, 1.165) is 0 Å². The highest BCUT2D eigenvalue weighted by Gasteiger charge is 2.35. The molecule has 3 aromatic rings. The summed E-state index contributed by atoms with van der Waals surface area (Å²) in [6.07, 6.45) is 1.71. The van der Waals surface area contributed by atoms with Crippen LogP contribution in [0, 0.1) is 0 Å². The highest BCUT2D eigenvalue weighted by molar-refractivity contribution is 7.07. The standard InChI is InChI=1S/C27H28N2O7S/c1-6-35-21-12-16(8-11-19(21)30)13-22-25(31)29-24(18-10-9-17(33-4)14-20(18)34-5)23(26(32)36-7-2)15(3)28-27(29)37-22/h8-14,24,30H,6-7H2,1-5H3. The molecule has 0 saturated carbocycles. The van der Waals surface area contributed by atoms with Gasteiger partial charge in [0.05, 0.1) is 43.2 Å². The maximum Gasteiger partial charge on any atom is 0.338 e. The van der Waals surface area contributed by atoms with Gasteiger partial charge in [0, 0.05) is 11.6 Å². The molecule has 1 aliphatic rings. The quantitative estimate of drug-likeness (QED) is 0.452. The third-order valence-electron chi connectivity index (χ3n) is 5.83. The Labute approximate surface area is 217 Å². The van der Waals surface area contributed by atoms with Gasteiger partial charge >= 0.3 is 5.97 Å². The highest BCUT2D eigenvalue weighted by Crippen LogP contribution is 2.37. The van der Waals surface area contributed by atoms with Crippen LogP contribution in [0.4, 0.5) is 0 Å². The van der Waals surface area contributed by atoms with Crippen LogP contribution in [0.15, 0.2) is 57.5 Å². The molecule has 0 spiro atoms. The molecule has 0 fully saturated rings. The molecule has 0 aliphatic carbocycles. The first-order valence-corrected chi connectivity index (χ1v) is 12.5. The van der Waals surface area contributed by atoms with E-state index in [1.165, 1.54) is 29.1 Å². The zero-order valence-electron chi connectivity index (χ0n) is 21.2. The minimum Gasteiger partial charge on any atom is -0.504 e. The number of phenolic OH excluding ortho intramolecular Hbond substituents is 1. The Bertz CT molecular complexity index is 1550. The number of benzene rings is 2. The number of allylic oxidation sites excluding steroid dienone is 1. The SMILES string of the molecule is CCOC(=O)C1=C(C)N=c2sc(=Cc3ccc(O)c(OCC)c3)c(=O)n2C1c1ccc(OC)cc1OC. The molecule has 10 heteroatoms. The summed E-state index contributed by atoms with van der Waals surface area (Å²) in [5, 5.41) is 10.0. The maximum atomic E-state index is 13.8. The van der Waals surface area contributed by atoms with Crippen molar-refractivity contribution in [2.75, 3.05) is 27.4 Å². The fraction of sp³-hybridized carbons (Fsp3) is 0.296. The molecule has 0 bridgehead atoms. The number of thiazole rings is 1. The molecule has 1 N–H and O–H groups in total. The monoisotopic (exact) mass is 524 g/mol. The number of fused-ring (bicyclic) bond motifs is 1. The van der Waals surface area contributed by atoms with Crippen molar-refractivity contribution in [2.24, 2.45) is 4.99 Å². The Morgan fingerprint density at radius 3 is 2.57 bits per heavy atom. The molecule has 4 rings (SSSR count). The lowest BCUT2D eigenvalue weighted by Gasteiger charge is -2.26. The van der Waals surface area contributed by atoms with Crippen LogP contribution in [0.25, 0.3) is 6.08 Å². The second kappa shape index (κ2) is 10.9. The first-order chi connectivity index (χ1) is 17.8. The zero-order chi connectivity index (χ0) is 26.7. The molecule has 0 amide bonds. The normalized spacial score (nSPS) is 15.2. The Morgan fingerprint density at radius 1 is 1.11 bits per heavy atom. The average Bonchev–Trinajstić information content (AvgIpc) is 3.19. The largest absolute Gasteiger partial charge is 0.504 e. The summed E-state index contributed by atoms with van der Waals surface area (Å²) in [6, 6.07) is 9.27. The van der Waals surface area contributed by atoms with Crippen molar-refractivity contribution < 1.29 is 28.8 Å². The topological polar surface area (TPSA) is 109 Å². The number of ether oxygens (including phenoxy) is 4. The molecule has 0 radical (unpaired) electrons. The van der Waals surface area contributed by atoms with E-state index in [0.29, 0.717) is 50.0 Å². The summed E-state index contributed by atoms with van der Waals surface area (Å²) in [5.74, 6) is 0.812. The van der Waals surface area contributed by atoms with Gasteiger partial charge in [0.25, 0.3) is 5.56 Å². The number of carbonyl (C=O) groups is 1. The second-order valence-electron chi connectivity index (χ2n) is 8.07. The molecule has 0 saturated heterocycles. The number of hydrogen-bond acceptors (Lipinski definition) is 9. The predicted molar refractivity (Wildman–Crippen MR) is 139 cm³/mol. The number of esters is 1. The van der Waals surface area contributed by atoms with Crippen molar-refractivity contribution in [2.45, 2.75) is 26.8 Å². The van der Waals surface area contributed by atoms with Gasteiger partial charge in [0.1, 0.15) is 17.5 Å². The summed E-state index contributed by atoms with van der Waals surface area (Å²) in [5.41, 5.74) is 1.65.